The highest BCUT2D eigenvalue weighted by molar-refractivity contribution is 5.91. The monoisotopic (exact) mass is 221 g/mol. The Balaban J connectivity index is 0. The van der Waals surface area contributed by atoms with E-state index in [4.69, 9.17) is 5.41 Å². The van der Waals surface area contributed by atoms with Gasteiger partial charge < -0.3 is 0 Å². The number of aromatic nitrogens is 2. The molecule has 0 aliphatic carbocycles. The second kappa shape index (κ2) is 11.4. The number of aryl methyl sites for hydroxylation is 1. The molecule has 0 bridgehead atoms. The molecule has 1 aromatic heterocycles. The van der Waals surface area contributed by atoms with Crippen molar-refractivity contribution in [1.29, 1.82) is 5.41 Å². The number of nitrogens with one attached hydrogen (secondary N) is 1. The molecule has 0 amide bonds. The Morgan fingerprint density at radius 1 is 1.38 bits per heavy atom. The van der Waals surface area contributed by atoms with E-state index >= 15 is 0 Å². The zero-order chi connectivity index (χ0) is 13.0. The number of rotatable bonds is 2. The van der Waals surface area contributed by atoms with Crippen LogP contribution in [0.2, 0.25) is 0 Å². The lowest BCUT2D eigenvalue weighted by atomic mass is 10.4. The highest BCUT2D eigenvalue weighted by Gasteiger charge is 1.95. The lowest BCUT2D eigenvalue weighted by molar-refractivity contribution is 0.930. The molecule has 1 heterocycles. The molecule has 0 unspecified atom stereocenters. The van der Waals surface area contributed by atoms with E-state index in [1.165, 1.54) is 4.68 Å². The van der Waals surface area contributed by atoms with E-state index in [1.54, 1.807) is 30.6 Å². The summed E-state index contributed by atoms with van der Waals surface area (Å²) in [6.45, 7) is 13.5. The van der Waals surface area contributed by atoms with Gasteiger partial charge in [0.2, 0.25) is 0 Å². The van der Waals surface area contributed by atoms with Gasteiger partial charge in [0.1, 0.15) is 5.84 Å². The van der Waals surface area contributed by atoms with Gasteiger partial charge in [-0.1, -0.05) is 46.4 Å². The third-order valence-electron chi connectivity index (χ3n) is 1.35. The predicted octanol–water partition coefficient (Wildman–Crippen LogP) is 3.81. The van der Waals surface area contributed by atoms with Crippen LogP contribution in [0.4, 0.5) is 0 Å². The molecule has 0 radical (unpaired) electrons. The van der Waals surface area contributed by atoms with Crippen LogP contribution in [0.5, 0.6) is 0 Å². The first kappa shape index (κ1) is 16.8. The van der Waals surface area contributed by atoms with Gasteiger partial charge in [0.25, 0.3) is 0 Å². The molecule has 0 aliphatic heterocycles. The summed E-state index contributed by atoms with van der Waals surface area (Å²) < 4.78 is 1.51. The molecule has 1 rings (SSSR count). The third kappa shape index (κ3) is 6.76. The molecule has 0 spiro atoms. The standard InChI is InChI=1S/C9H11N3.2C2H6/c1-3-4-5-9(10)12-7-8(2)6-11-12;2*1-2/h3-7,10H,1H2,2H3;2*1-2H3/b5-4-,10-9?;;. The van der Waals surface area contributed by atoms with Crippen LogP contribution >= 0.6 is 0 Å². The minimum Gasteiger partial charge on any atom is -0.283 e. The summed E-state index contributed by atoms with van der Waals surface area (Å²) in [4.78, 5) is 0. The molecular weight excluding hydrogens is 198 g/mol. The van der Waals surface area contributed by atoms with Crippen molar-refractivity contribution in [2.24, 2.45) is 0 Å². The van der Waals surface area contributed by atoms with Crippen LogP contribution in [-0.2, 0) is 0 Å². The van der Waals surface area contributed by atoms with Crippen LogP contribution in [0.25, 0.3) is 0 Å². The molecule has 0 aromatic carbocycles. The molecule has 0 atom stereocenters. The predicted molar refractivity (Wildman–Crippen MR) is 72.1 cm³/mol. The molecule has 0 aliphatic rings. The van der Waals surface area contributed by atoms with Gasteiger partial charge in [-0.2, -0.15) is 5.10 Å². The van der Waals surface area contributed by atoms with E-state index in [2.05, 4.69) is 11.7 Å². The van der Waals surface area contributed by atoms with Crippen LogP contribution in [0.1, 0.15) is 33.3 Å². The van der Waals surface area contributed by atoms with Crippen molar-refractivity contribution >= 4 is 5.84 Å². The van der Waals surface area contributed by atoms with Gasteiger partial charge in [0, 0.05) is 6.20 Å². The quantitative estimate of drug-likeness (QED) is 0.460. The van der Waals surface area contributed by atoms with E-state index in [0.29, 0.717) is 5.84 Å². The first-order valence-corrected chi connectivity index (χ1v) is 5.63. The van der Waals surface area contributed by atoms with Crippen molar-refractivity contribution in [3.05, 3.63) is 42.8 Å². The number of hydrogen-bond donors (Lipinski definition) is 1. The van der Waals surface area contributed by atoms with Gasteiger partial charge in [-0.05, 0) is 18.6 Å². The summed E-state index contributed by atoms with van der Waals surface area (Å²) in [6.07, 6.45) is 8.50. The summed E-state index contributed by atoms with van der Waals surface area (Å²) in [5.74, 6) is 0.336. The molecule has 1 aromatic rings. The topological polar surface area (TPSA) is 41.7 Å². The summed E-state index contributed by atoms with van der Waals surface area (Å²) in [5, 5.41) is 11.5. The average molecular weight is 221 g/mol. The van der Waals surface area contributed by atoms with Gasteiger partial charge >= 0.3 is 0 Å². The van der Waals surface area contributed by atoms with Gasteiger partial charge in [-0.3, -0.25) is 5.41 Å². The second-order valence-corrected chi connectivity index (χ2v) is 2.44. The number of hydrogen-bond acceptors (Lipinski definition) is 2. The molecule has 1 N–H and O–H groups in total. The van der Waals surface area contributed by atoms with Gasteiger partial charge in [0.05, 0.1) is 6.20 Å². The Labute approximate surface area is 99.0 Å². The summed E-state index contributed by atoms with van der Waals surface area (Å²) in [7, 11) is 0. The molecule has 3 nitrogen and oxygen atoms in total. The van der Waals surface area contributed by atoms with E-state index in [0.717, 1.165) is 5.56 Å². The number of allylic oxidation sites excluding steroid dienone is 3. The second-order valence-electron chi connectivity index (χ2n) is 2.44. The van der Waals surface area contributed by atoms with E-state index in [9.17, 15) is 0 Å². The molecule has 16 heavy (non-hydrogen) atoms. The normalized spacial score (nSPS) is 8.56. The van der Waals surface area contributed by atoms with Gasteiger partial charge in [-0.15, -0.1) is 0 Å². The Morgan fingerprint density at radius 3 is 2.31 bits per heavy atom. The van der Waals surface area contributed by atoms with E-state index in [-0.39, 0.29) is 0 Å². The van der Waals surface area contributed by atoms with Gasteiger partial charge in [-0.25, -0.2) is 4.68 Å². The Bertz CT molecular complexity index is 322. The zero-order valence-corrected chi connectivity index (χ0v) is 11.0. The van der Waals surface area contributed by atoms with Crippen LogP contribution in [0.15, 0.2) is 37.2 Å². The zero-order valence-electron chi connectivity index (χ0n) is 11.0. The largest absolute Gasteiger partial charge is 0.283 e. The fourth-order valence-electron chi connectivity index (χ4n) is 0.780. The minimum absolute atomic E-state index is 0.336. The van der Waals surface area contributed by atoms with Crippen molar-refractivity contribution in [2.75, 3.05) is 0 Å². The van der Waals surface area contributed by atoms with Crippen molar-refractivity contribution in [3.8, 4) is 0 Å². The molecule has 0 fully saturated rings. The summed E-state index contributed by atoms with van der Waals surface area (Å²) in [5.41, 5.74) is 1.05. The maximum atomic E-state index is 7.51. The summed E-state index contributed by atoms with van der Waals surface area (Å²) in [6, 6.07) is 0. The lowest BCUT2D eigenvalue weighted by Gasteiger charge is -1.94. The van der Waals surface area contributed by atoms with Crippen LogP contribution < -0.4 is 0 Å². The Kier molecular flexibility index (Phi) is 12.0. The van der Waals surface area contributed by atoms with E-state index in [1.807, 2.05) is 34.6 Å². The van der Waals surface area contributed by atoms with Crippen molar-refractivity contribution in [3.63, 3.8) is 0 Å². The molecule has 3 heteroatoms. The molecule has 0 saturated heterocycles. The lowest BCUT2D eigenvalue weighted by Crippen LogP contribution is -2.06. The highest BCUT2D eigenvalue weighted by Crippen LogP contribution is 1.94. The molecule has 90 valence electrons. The third-order valence-corrected chi connectivity index (χ3v) is 1.35. The van der Waals surface area contributed by atoms with Gasteiger partial charge in [0.15, 0.2) is 0 Å². The smallest absolute Gasteiger partial charge is 0.145 e. The van der Waals surface area contributed by atoms with Crippen molar-refractivity contribution in [1.82, 2.24) is 9.78 Å². The Hall–Kier alpha value is -1.64. The first-order chi connectivity index (χ1) is 7.74. The maximum absolute atomic E-state index is 7.51. The highest BCUT2D eigenvalue weighted by atomic mass is 15.3. The van der Waals surface area contributed by atoms with Crippen molar-refractivity contribution < 1.29 is 0 Å². The SMILES string of the molecule is C=C/C=C\C(=N)n1cc(C)cn1.CC.CC. The average Bonchev–Trinajstić information content (AvgIpc) is 2.78. The van der Waals surface area contributed by atoms with Crippen molar-refractivity contribution in [2.45, 2.75) is 34.6 Å². The number of nitrogens with zero attached hydrogens (tertiary/aromatic N) is 2. The minimum atomic E-state index is 0.336. The fourth-order valence-corrected chi connectivity index (χ4v) is 0.780. The van der Waals surface area contributed by atoms with Crippen LogP contribution in [0, 0.1) is 12.3 Å². The van der Waals surface area contributed by atoms with Crippen LogP contribution in [-0.4, -0.2) is 15.6 Å². The summed E-state index contributed by atoms with van der Waals surface area (Å²) >= 11 is 0. The first-order valence-electron chi connectivity index (χ1n) is 5.63. The molecule has 0 saturated carbocycles. The van der Waals surface area contributed by atoms with Crippen LogP contribution in [0.3, 0.4) is 0 Å². The van der Waals surface area contributed by atoms with E-state index < -0.39 is 0 Å². The fraction of sp³-hybridized carbons (Fsp3) is 0.385. The Morgan fingerprint density at radius 2 is 1.94 bits per heavy atom. The molecular formula is C13H23N3. The maximum Gasteiger partial charge on any atom is 0.145 e.